The van der Waals surface area contributed by atoms with Gasteiger partial charge >= 0.3 is 0 Å². The zero-order chi connectivity index (χ0) is 20.6. The molecule has 1 heterocycles. The molecule has 3 rings (SSSR count). The van der Waals surface area contributed by atoms with Crippen molar-refractivity contribution in [2.24, 2.45) is 0 Å². The smallest absolute Gasteiger partial charge is 0.244 e. The van der Waals surface area contributed by atoms with Crippen molar-refractivity contribution in [2.45, 2.75) is 32.7 Å². The first-order valence-corrected chi connectivity index (χ1v) is 9.85. The molecule has 0 unspecified atom stereocenters. The van der Waals surface area contributed by atoms with Gasteiger partial charge in [0.05, 0.1) is 19.4 Å². The van der Waals surface area contributed by atoms with E-state index in [9.17, 15) is 9.59 Å². The molecular formula is C23H27N3O3. The molecule has 6 nitrogen and oxygen atoms in total. The minimum absolute atomic E-state index is 0.0449. The maximum Gasteiger partial charge on any atom is 0.244 e. The van der Waals surface area contributed by atoms with Gasteiger partial charge in [0, 0.05) is 24.9 Å². The molecule has 0 atom stereocenters. The first-order valence-electron chi connectivity index (χ1n) is 9.85. The number of nitrogens with one attached hydrogen (secondary N) is 2. The van der Waals surface area contributed by atoms with Crippen molar-refractivity contribution >= 4 is 17.5 Å². The van der Waals surface area contributed by atoms with Crippen LogP contribution < -0.4 is 15.5 Å². The van der Waals surface area contributed by atoms with E-state index in [0.29, 0.717) is 19.5 Å². The van der Waals surface area contributed by atoms with Gasteiger partial charge in [0.25, 0.3) is 0 Å². The van der Waals surface area contributed by atoms with E-state index in [4.69, 9.17) is 4.74 Å². The van der Waals surface area contributed by atoms with Gasteiger partial charge in [0.1, 0.15) is 5.75 Å². The standard InChI is InChI=1S/C23H27N3O3/c1-3-17-8-10-18(11-9-17)20-12-13-23(28)26(25-20)15-14-22(27)24-16-19-6-4-5-7-21(19)29-2/h4-12,25H,3,13-16H2,1-2H3,(H,24,27). The monoisotopic (exact) mass is 393 g/mol. The number of ether oxygens (including phenoxy) is 1. The molecule has 152 valence electrons. The molecule has 0 saturated carbocycles. The van der Waals surface area contributed by atoms with Gasteiger partial charge in [-0.05, 0) is 29.7 Å². The number of benzene rings is 2. The van der Waals surface area contributed by atoms with E-state index in [1.165, 1.54) is 10.6 Å². The number of carbonyl (C=O) groups excluding carboxylic acids is 2. The minimum Gasteiger partial charge on any atom is -0.496 e. The van der Waals surface area contributed by atoms with Crippen LogP contribution in [0.2, 0.25) is 0 Å². The van der Waals surface area contributed by atoms with Gasteiger partial charge in [-0.2, -0.15) is 0 Å². The number of rotatable bonds is 8. The second-order valence-corrected chi connectivity index (χ2v) is 6.87. The van der Waals surface area contributed by atoms with Crippen molar-refractivity contribution in [1.29, 1.82) is 0 Å². The van der Waals surface area contributed by atoms with E-state index in [1.54, 1.807) is 7.11 Å². The van der Waals surface area contributed by atoms with Crippen molar-refractivity contribution < 1.29 is 14.3 Å². The Balaban J connectivity index is 1.52. The van der Waals surface area contributed by atoms with E-state index in [2.05, 4.69) is 29.8 Å². The molecule has 29 heavy (non-hydrogen) atoms. The number of para-hydroxylation sites is 1. The molecule has 0 spiro atoms. The van der Waals surface area contributed by atoms with Gasteiger partial charge in [0.2, 0.25) is 11.8 Å². The number of nitrogens with zero attached hydrogens (tertiary/aromatic N) is 1. The van der Waals surface area contributed by atoms with Gasteiger partial charge in [0.15, 0.2) is 0 Å². The highest BCUT2D eigenvalue weighted by atomic mass is 16.5. The van der Waals surface area contributed by atoms with E-state index in [-0.39, 0.29) is 18.2 Å². The van der Waals surface area contributed by atoms with Crippen LogP contribution in [-0.2, 0) is 22.6 Å². The molecule has 2 N–H and O–H groups in total. The molecule has 2 amide bonds. The summed E-state index contributed by atoms with van der Waals surface area (Å²) in [6.07, 6.45) is 3.42. The molecule has 0 aromatic heterocycles. The molecule has 0 aliphatic carbocycles. The summed E-state index contributed by atoms with van der Waals surface area (Å²) in [6, 6.07) is 15.8. The zero-order valence-electron chi connectivity index (χ0n) is 16.9. The topological polar surface area (TPSA) is 70.7 Å². The molecular weight excluding hydrogens is 366 g/mol. The van der Waals surface area contributed by atoms with Crippen molar-refractivity contribution in [1.82, 2.24) is 15.8 Å². The van der Waals surface area contributed by atoms with Crippen LogP contribution in [0.3, 0.4) is 0 Å². The highest BCUT2D eigenvalue weighted by Crippen LogP contribution is 2.19. The third kappa shape index (κ3) is 5.38. The van der Waals surface area contributed by atoms with E-state index < -0.39 is 0 Å². The number of carbonyl (C=O) groups is 2. The second kappa shape index (κ2) is 9.78. The molecule has 1 aliphatic rings. The summed E-state index contributed by atoms with van der Waals surface area (Å²) in [5.41, 5.74) is 7.25. The quantitative estimate of drug-likeness (QED) is 0.723. The molecule has 6 heteroatoms. The van der Waals surface area contributed by atoms with Crippen LogP contribution in [0.15, 0.2) is 54.6 Å². The number of aryl methyl sites for hydroxylation is 1. The number of hydrogen-bond acceptors (Lipinski definition) is 4. The van der Waals surface area contributed by atoms with Crippen LogP contribution in [0.1, 0.15) is 36.5 Å². The molecule has 0 fully saturated rings. The highest BCUT2D eigenvalue weighted by Gasteiger charge is 2.20. The second-order valence-electron chi connectivity index (χ2n) is 6.87. The Kier molecular flexibility index (Phi) is 6.89. The Bertz CT molecular complexity index is 890. The van der Waals surface area contributed by atoms with Gasteiger partial charge in [-0.1, -0.05) is 49.4 Å². The Labute approximate surface area is 171 Å². The van der Waals surface area contributed by atoms with Crippen LogP contribution in [0.5, 0.6) is 5.75 Å². The van der Waals surface area contributed by atoms with Crippen LogP contribution >= 0.6 is 0 Å². The van der Waals surface area contributed by atoms with E-state index in [0.717, 1.165) is 29.0 Å². The SMILES string of the molecule is CCc1ccc(C2=CCC(=O)N(CCC(=O)NCc3ccccc3OC)N2)cc1. The molecule has 2 aromatic rings. The molecule has 2 aromatic carbocycles. The fourth-order valence-electron chi connectivity index (χ4n) is 3.18. The fourth-order valence-corrected chi connectivity index (χ4v) is 3.18. The van der Waals surface area contributed by atoms with E-state index >= 15 is 0 Å². The summed E-state index contributed by atoms with van der Waals surface area (Å²) < 4.78 is 5.29. The Morgan fingerprint density at radius 1 is 1.17 bits per heavy atom. The predicted octanol–water partition coefficient (Wildman–Crippen LogP) is 3.04. The molecule has 0 saturated heterocycles. The summed E-state index contributed by atoms with van der Waals surface area (Å²) in [6.45, 7) is 2.81. The summed E-state index contributed by atoms with van der Waals surface area (Å²) in [5.74, 6) is 0.579. The lowest BCUT2D eigenvalue weighted by atomic mass is 10.1. The lowest BCUT2D eigenvalue weighted by molar-refractivity contribution is -0.133. The lowest BCUT2D eigenvalue weighted by Crippen LogP contribution is -2.45. The summed E-state index contributed by atoms with van der Waals surface area (Å²) >= 11 is 0. The third-order valence-corrected chi connectivity index (χ3v) is 4.94. The first kappa shape index (κ1) is 20.5. The highest BCUT2D eigenvalue weighted by molar-refractivity contribution is 5.84. The summed E-state index contributed by atoms with van der Waals surface area (Å²) in [7, 11) is 1.61. The number of methoxy groups -OCH3 is 1. The lowest BCUT2D eigenvalue weighted by Gasteiger charge is -2.29. The fraction of sp³-hybridized carbons (Fsp3) is 0.304. The Morgan fingerprint density at radius 3 is 2.66 bits per heavy atom. The predicted molar refractivity (Wildman–Crippen MR) is 113 cm³/mol. The maximum atomic E-state index is 12.3. The summed E-state index contributed by atoms with van der Waals surface area (Å²) in [5, 5.41) is 4.40. The maximum absolute atomic E-state index is 12.3. The normalized spacial score (nSPS) is 13.5. The third-order valence-electron chi connectivity index (χ3n) is 4.94. The number of amides is 2. The average Bonchev–Trinajstić information content (AvgIpc) is 2.77. The average molecular weight is 393 g/mol. The summed E-state index contributed by atoms with van der Waals surface area (Å²) in [4.78, 5) is 24.5. The van der Waals surface area contributed by atoms with Gasteiger partial charge in [-0.15, -0.1) is 0 Å². The van der Waals surface area contributed by atoms with Crippen LogP contribution in [-0.4, -0.2) is 30.5 Å². The van der Waals surface area contributed by atoms with Crippen molar-refractivity contribution in [3.05, 3.63) is 71.3 Å². The Hall–Kier alpha value is -3.28. The van der Waals surface area contributed by atoms with Crippen molar-refractivity contribution in [3.8, 4) is 5.75 Å². The number of hydrogen-bond donors (Lipinski definition) is 2. The molecule has 1 aliphatic heterocycles. The van der Waals surface area contributed by atoms with Crippen molar-refractivity contribution in [3.63, 3.8) is 0 Å². The molecule has 0 radical (unpaired) electrons. The van der Waals surface area contributed by atoms with Crippen molar-refractivity contribution in [2.75, 3.05) is 13.7 Å². The zero-order valence-corrected chi connectivity index (χ0v) is 16.9. The van der Waals surface area contributed by atoms with Crippen LogP contribution in [0.4, 0.5) is 0 Å². The van der Waals surface area contributed by atoms with Crippen LogP contribution in [0.25, 0.3) is 5.70 Å². The van der Waals surface area contributed by atoms with E-state index in [1.807, 2.05) is 42.5 Å². The minimum atomic E-state index is -0.117. The largest absolute Gasteiger partial charge is 0.496 e. The van der Waals surface area contributed by atoms with Gasteiger partial charge < -0.3 is 10.1 Å². The molecule has 0 bridgehead atoms. The Morgan fingerprint density at radius 2 is 1.93 bits per heavy atom. The first-order chi connectivity index (χ1) is 14.1. The van der Waals surface area contributed by atoms with Crippen LogP contribution in [0, 0.1) is 0 Å². The van der Waals surface area contributed by atoms with Gasteiger partial charge in [-0.25, -0.2) is 0 Å². The number of hydrazine groups is 1. The van der Waals surface area contributed by atoms with Gasteiger partial charge in [-0.3, -0.25) is 20.0 Å².